The van der Waals surface area contributed by atoms with Gasteiger partial charge in [-0.3, -0.25) is 0 Å². The van der Waals surface area contributed by atoms with Gasteiger partial charge in [0.25, 0.3) is 0 Å². The van der Waals surface area contributed by atoms with Crippen LogP contribution in [0.3, 0.4) is 0 Å². The fourth-order valence-electron chi connectivity index (χ4n) is 2.46. The van der Waals surface area contributed by atoms with Crippen molar-refractivity contribution in [3.8, 4) is 11.8 Å². The lowest BCUT2D eigenvalue weighted by atomic mass is 9.87. The standard InChI is InChI=1S/C15H19NO/c1-2-12-7-3-5-9-14(12)17-15-10-6-4-8-13(15)11-16/h3,5,7,9,13,15H,2,4,6,8,10H2,1H3. The average Bonchev–Trinajstić information content (AvgIpc) is 2.40. The molecule has 0 aromatic heterocycles. The third kappa shape index (κ3) is 2.79. The number of hydrogen-bond donors (Lipinski definition) is 0. The molecule has 0 radical (unpaired) electrons. The highest BCUT2D eigenvalue weighted by Crippen LogP contribution is 2.29. The van der Waals surface area contributed by atoms with Crippen LogP contribution in [0.2, 0.25) is 0 Å². The van der Waals surface area contributed by atoms with Gasteiger partial charge < -0.3 is 4.74 Å². The topological polar surface area (TPSA) is 33.0 Å². The minimum Gasteiger partial charge on any atom is -0.489 e. The molecule has 1 aliphatic rings. The number of ether oxygens (including phenoxy) is 1. The van der Waals surface area contributed by atoms with Crippen molar-refractivity contribution in [2.24, 2.45) is 5.92 Å². The minimum absolute atomic E-state index is 0.0636. The second-order valence-corrected chi connectivity index (χ2v) is 4.64. The molecular weight excluding hydrogens is 210 g/mol. The van der Waals surface area contributed by atoms with Gasteiger partial charge in [0.15, 0.2) is 0 Å². The zero-order valence-electron chi connectivity index (χ0n) is 10.4. The van der Waals surface area contributed by atoms with Crippen molar-refractivity contribution in [3.05, 3.63) is 29.8 Å². The van der Waals surface area contributed by atoms with Gasteiger partial charge in [0.1, 0.15) is 11.9 Å². The van der Waals surface area contributed by atoms with Gasteiger partial charge in [-0.1, -0.05) is 31.5 Å². The van der Waals surface area contributed by atoms with Gasteiger partial charge in [-0.15, -0.1) is 0 Å². The van der Waals surface area contributed by atoms with E-state index in [9.17, 15) is 0 Å². The monoisotopic (exact) mass is 229 g/mol. The smallest absolute Gasteiger partial charge is 0.122 e. The molecule has 0 heterocycles. The number of nitriles is 1. The summed E-state index contributed by atoms with van der Waals surface area (Å²) in [7, 11) is 0. The number of para-hydroxylation sites is 1. The third-order valence-electron chi connectivity index (χ3n) is 3.50. The molecule has 1 aliphatic carbocycles. The highest BCUT2D eigenvalue weighted by atomic mass is 16.5. The SMILES string of the molecule is CCc1ccccc1OC1CCCCC1C#N. The molecule has 90 valence electrons. The minimum atomic E-state index is 0.0636. The molecule has 2 unspecified atom stereocenters. The molecule has 2 atom stereocenters. The van der Waals surface area contributed by atoms with E-state index in [-0.39, 0.29) is 12.0 Å². The molecule has 1 aromatic carbocycles. The van der Waals surface area contributed by atoms with E-state index in [1.807, 2.05) is 18.2 Å². The van der Waals surface area contributed by atoms with Crippen LogP contribution in [0.4, 0.5) is 0 Å². The van der Waals surface area contributed by atoms with E-state index in [4.69, 9.17) is 10.00 Å². The lowest BCUT2D eigenvalue weighted by Crippen LogP contribution is -2.29. The molecule has 0 N–H and O–H groups in total. The van der Waals surface area contributed by atoms with E-state index in [1.165, 1.54) is 12.0 Å². The number of benzene rings is 1. The molecular formula is C15H19NO. The second kappa shape index (κ2) is 5.72. The van der Waals surface area contributed by atoms with Gasteiger partial charge in [-0.2, -0.15) is 5.26 Å². The molecule has 0 bridgehead atoms. The molecule has 2 nitrogen and oxygen atoms in total. The van der Waals surface area contributed by atoms with Crippen molar-refractivity contribution in [2.75, 3.05) is 0 Å². The first-order valence-electron chi connectivity index (χ1n) is 6.49. The highest BCUT2D eigenvalue weighted by molar-refractivity contribution is 5.33. The third-order valence-corrected chi connectivity index (χ3v) is 3.50. The highest BCUT2D eigenvalue weighted by Gasteiger charge is 2.26. The molecule has 0 aliphatic heterocycles. The van der Waals surface area contributed by atoms with Gasteiger partial charge >= 0.3 is 0 Å². The Kier molecular flexibility index (Phi) is 4.03. The summed E-state index contributed by atoms with van der Waals surface area (Å²) in [6.45, 7) is 2.13. The predicted octanol–water partition coefficient (Wildman–Crippen LogP) is 3.71. The van der Waals surface area contributed by atoms with Crippen LogP contribution in [0.1, 0.15) is 38.2 Å². The van der Waals surface area contributed by atoms with Crippen molar-refractivity contribution < 1.29 is 4.74 Å². The summed E-state index contributed by atoms with van der Waals surface area (Å²) in [4.78, 5) is 0. The summed E-state index contributed by atoms with van der Waals surface area (Å²) in [6, 6.07) is 10.5. The first-order valence-corrected chi connectivity index (χ1v) is 6.49. The zero-order chi connectivity index (χ0) is 12.1. The number of aryl methyl sites for hydroxylation is 1. The number of hydrogen-bond acceptors (Lipinski definition) is 2. The largest absolute Gasteiger partial charge is 0.489 e. The van der Waals surface area contributed by atoms with E-state index in [2.05, 4.69) is 19.1 Å². The summed E-state index contributed by atoms with van der Waals surface area (Å²) < 4.78 is 6.06. The Morgan fingerprint density at radius 1 is 1.29 bits per heavy atom. The van der Waals surface area contributed by atoms with E-state index in [0.717, 1.165) is 31.4 Å². The maximum absolute atomic E-state index is 9.14. The second-order valence-electron chi connectivity index (χ2n) is 4.64. The van der Waals surface area contributed by atoms with Gasteiger partial charge in [-0.05, 0) is 37.3 Å². The van der Waals surface area contributed by atoms with Crippen molar-refractivity contribution in [1.29, 1.82) is 5.26 Å². The van der Waals surface area contributed by atoms with E-state index in [0.29, 0.717) is 0 Å². The van der Waals surface area contributed by atoms with Crippen LogP contribution in [-0.4, -0.2) is 6.10 Å². The number of nitrogens with zero attached hydrogens (tertiary/aromatic N) is 1. The van der Waals surface area contributed by atoms with Crippen molar-refractivity contribution in [3.63, 3.8) is 0 Å². The lowest BCUT2D eigenvalue weighted by molar-refractivity contribution is 0.119. The van der Waals surface area contributed by atoms with Gasteiger partial charge in [0, 0.05) is 0 Å². The molecule has 1 aromatic rings. The molecule has 17 heavy (non-hydrogen) atoms. The Balaban J connectivity index is 2.11. The Morgan fingerprint density at radius 3 is 2.82 bits per heavy atom. The maximum atomic E-state index is 9.14. The van der Waals surface area contributed by atoms with E-state index >= 15 is 0 Å². The predicted molar refractivity (Wildman–Crippen MR) is 67.8 cm³/mol. The van der Waals surface area contributed by atoms with Crippen molar-refractivity contribution in [2.45, 2.75) is 45.1 Å². The first-order chi connectivity index (χ1) is 8.35. The molecule has 1 saturated carbocycles. The average molecular weight is 229 g/mol. The summed E-state index contributed by atoms with van der Waals surface area (Å²) in [5.74, 6) is 1.02. The van der Waals surface area contributed by atoms with Crippen LogP contribution in [-0.2, 0) is 6.42 Å². The van der Waals surface area contributed by atoms with Gasteiger partial charge in [-0.25, -0.2) is 0 Å². The maximum Gasteiger partial charge on any atom is 0.122 e. The van der Waals surface area contributed by atoms with Crippen LogP contribution in [0.25, 0.3) is 0 Å². The Morgan fingerprint density at radius 2 is 2.06 bits per heavy atom. The fraction of sp³-hybridized carbons (Fsp3) is 0.533. The molecule has 2 rings (SSSR count). The fourth-order valence-corrected chi connectivity index (χ4v) is 2.46. The Hall–Kier alpha value is -1.49. The van der Waals surface area contributed by atoms with Gasteiger partial charge in [0.05, 0.1) is 12.0 Å². The number of rotatable bonds is 3. The molecule has 0 saturated heterocycles. The quantitative estimate of drug-likeness (QED) is 0.791. The molecule has 0 amide bonds. The van der Waals surface area contributed by atoms with Crippen LogP contribution in [0.15, 0.2) is 24.3 Å². The summed E-state index contributed by atoms with van der Waals surface area (Å²) in [5, 5.41) is 9.14. The van der Waals surface area contributed by atoms with Crippen LogP contribution < -0.4 is 4.74 Å². The molecule has 0 spiro atoms. The van der Waals surface area contributed by atoms with Crippen LogP contribution in [0.5, 0.6) is 5.75 Å². The van der Waals surface area contributed by atoms with E-state index < -0.39 is 0 Å². The summed E-state index contributed by atoms with van der Waals surface area (Å²) in [5.41, 5.74) is 1.23. The van der Waals surface area contributed by atoms with E-state index in [1.54, 1.807) is 0 Å². The van der Waals surface area contributed by atoms with Crippen LogP contribution in [0, 0.1) is 17.2 Å². The summed E-state index contributed by atoms with van der Waals surface area (Å²) >= 11 is 0. The van der Waals surface area contributed by atoms with Crippen molar-refractivity contribution >= 4 is 0 Å². The molecule has 2 heteroatoms. The van der Waals surface area contributed by atoms with Crippen molar-refractivity contribution in [1.82, 2.24) is 0 Å². The normalized spacial score (nSPS) is 24.0. The Labute approximate surface area is 103 Å². The lowest BCUT2D eigenvalue weighted by Gasteiger charge is -2.28. The summed E-state index contributed by atoms with van der Waals surface area (Å²) in [6.07, 6.45) is 5.39. The Bertz CT molecular complexity index is 408. The molecule has 1 fully saturated rings. The van der Waals surface area contributed by atoms with Crippen LogP contribution >= 0.6 is 0 Å². The van der Waals surface area contributed by atoms with Gasteiger partial charge in [0.2, 0.25) is 0 Å². The zero-order valence-corrected chi connectivity index (χ0v) is 10.4. The first kappa shape index (κ1) is 12.0.